The van der Waals surface area contributed by atoms with Crippen LogP contribution in [0.1, 0.15) is 39.3 Å². The smallest absolute Gasteiger partial charge is 0.128 e. The predicted molar refractivity (Wildman–Crippen MR) is 76.2 cm³/mol. The Morgan fingerprint density at radius 3 is 2.61 bits per heavy atom. The molecule has 0 spiro atoms. The van der Waals surface area contributed by atoms with Crippen molar-refractivity contribution in [3.63, 3.8) is 0 Å². The van der Waals surface area contributed by atoms with Gasteiger partial charge in [-0.15, -0.1) is 0 Å². The SMILES string of the molecule is CCNC(c1cc(Br)ccc1F)C(C)(C)OCC. The molecule has 0 fully saturated rings. The van der Waals surface area contributed by atoms with Crippen molar-refractivity contribution in [1.82, 2.24) is 5.32 Å². The van der Waals surface area contributed by atoms with Gasteiger partial charge in [-0.1, -0.05) is 22.9 Å². The highest BCUT2D eigenvalue weighted by atomic mass is 79.9. The molecule has 1 atom stereocenters. The van der Waals surface area contributed by atoms with Gasteiger partial charge in [-0.2, -0.15) is 0 Å². The number of nitrogens with one attached hydrogen (secondary N) is 1. The van der Waals surface area contributed by atoms with Gasteiger partial charge in [-0.25, -0.2) is 4.39 Å². The number of likely N-dealkylation sites (N-methyl/N-ethyl adjacent to an activating group) is 1. The van der Waals surface area contributed by atoms with E-state index in [1.165, 1.54) is 6.07 Å². The molecule has 18 heavy (non-hydrogen) atoms. The van der Waals surface area contributed by atoms with Crippen LogP contribution in [0.5, 0.6) is 0 Å². The second kappa shape index (κ2) is 6.64. The molecule has 0 aromatic heterocycles. The maximum absolute atomic E-state index is 14.0. The molecule has 0 radical (unpaired) electrons. The van der Waals surface area contributed by atoms with Crippen LogP contribution in [0.2, 0.25) is 0 Å². The molecule has 0 saturated heterocycles. The fraction of sp³-hybridized carbons (Fsp3) is 0.571. The zero-order valence-electron chi connectivity index (χ0n) is 11.4. The van der Waals surface area contributed by atoms with Gasteiger partial charge in [0.25, 0.3) is 0 Å². The quantitative estimate of drug-likeness (QED) is 0.854. The maximum Gasteiger partial charge on any atom is 0.128 e. The van der Waals surface area contributed by atoms with Crippen LogP contribution < -0.4 is 5.32 Å². The van der Waals surface area contributed by atoms with E-state index < -0.39 is 5.60 Å². The Morgan fingerprint density at radius 2 is 2.06 bits per heavy atom. The van der Waals surface area contributed by atoms with Crippen molar-refractivity contribution in [2.24, 2.45) is 0 Å². The van der Waals surface area contributed by atoms with E-state index in [0.29, 0.717) is 12.2 Å². The van der Waals surface area contributed by atoms with Gasteiger partial charge in [-0.05, 0) is 45.5 Å². The molecule has 0 amide bonds. The summed E-state index contributed by atoms with van der Waals surface area (Å²) in [6.45, 7) is 9.26. The molecule has 0 bridgehead atoms. The van der Waals surface area contributed by atoms with Gasteiger partial charge in [0.05, 0.1) is 11.6 Å². The van der Waals surface area contributed by atoms with Crippen LogP contribution in [0.25, 0.3) is 0 Å². The number of rotatable bonds is 6. The Hall–Kier alpha value is -0.450. The molecule has 0 saturated carbocycles. The molecule has 2 nitrogen and oxygen atoms in total. The molecule has 1 unspecified atom stereocenters. The Balaban J connectivity index is 3.14. The molecule has 1 rings (SSSR count). The lowest BCUT2D eigenvalue weighted by Crippen LogP contribution is -2.42. The first-order valence-electron chi connectivity index (χ1n) is 6.24. The second-order valence-electron chi connectivity index (χ2n) is 4.69. The average Bonchev–Trinajstić information content (AvgIpc) is 2.29. The van der Waals surface area contributed by atoms with Crippen LogP contribution in [0.3, 0.4) is 0 Å². The third-order valence-electron chi connectivity index (χ3n) is 2.89. The van der Waals surface area contributed by atoms with Crippen molar-refractivity contribution in [1.29, 1.82) is 0 Å². The minimum atomic E-state index is -0.466. The van der Waals surface area contributed by atoms with Crippen LogP contribution in [-0.2, 0) is 4.74 Å². The molecule has 0 aliphatic carbocycles. The van der Waals surface area contributed by atoms with Crippen molar-refractivity contribution < 1.29 is 9.13 Å². The van der Waals surface area contributed by atoms with Crippen LogP contribution >= 0.6 is 15.9 Å². The Labute approximate surface area is 117 Å². The molecule has 0 aliphatic rings. The van der Waals surface area contributed by atoms with E-state index in [4.69, 9.17) is 4.74 Å². The lowest BCUT2D eigenvalue weighted by molar-refractivity contribution is -0.0396. The highest BCUT2D eigenvalue weighted by molar-refractivity contribution is 9.10. The maximum atomic E-state index is 14.0. The van der Waals surface area contributed by atoms with Gasteiger partial charge in [0, 0.05) is 16.6 Å². The van der Waals surface area contributed by atoms with Gasteiger partial charge in [0.15, 0.2) is 0 Å². The van der Waals surface area contributed by atoms with E-state index in [1.807, 2.05) is 33.8 Å². The minimum absolute atomic E-state index is 0.181. The Morgan fingerprint density at radius 1 is 1.39 bits per heavy atom. The molecule has 1 aromatic carbocycles. The van der Waals surface area contributed by atoms with E-state index in [1.54, 1.807) is 6.07 Å². The van der Waals surface area contributed by atoms with E-state index in [-0.39, 0.29) is 11.9 Å². The molecule has 1 aromatic rings. The zero-order valence-corrected chi connectivity index (χ0v) is 13.0. The van der Waals surface area contributed by atoms with Gasteiger partial charge in [-0.3, -0.25) is 0 Å². The number of hydrogen-bond donors (Lipinski definition) is 1. The average molecular weight is 318 g/mol. The van der Waals surface area contributed by atoms with Gasteiger partial charge >= 0.3 is 0 Å². The van der Waals surface area contributed by atoms with Gasteiger partial charge in [0.2, 0.25) is 0 Å². The predicted octanol–water partition coefficient (Wildman–Crippen LogP) is 4.05. The van der Waals surface area contributed by atoms with Crippen molar-refractivity contribution in [2.75, 3.05) is 13.2 Å². The van der Waals surface area contributed by atoms with Crippen LogP contribution in [0, 0.1) is 5.82 Å². The number of benzene rings is 1. The van der Waals surface area contributed by atoms with Crippen LogP contribution in [-0.4, -0.2) is 18.8 Å². The highest BCUT2D eigenvalue weighted by Crippen LogP contribution is 2.32. The largest absolute Gasteiger partial charge is 0.374 e. The fourth-order valence-electron chi connectivity index (χ4n) is 2.13. The Kier molecular flexibility index (Phi) is 5.76. The second-order valence-corrected chi connectivity index (χ2v) is 5.61. The topological polar surface area (TPSA) is 21.3 Å². The molecule has 102 valence electrons. The summed E-state index contributed by atoms with van der Waals surface area (Å²) in [6.07, 6.45) is 0. The first kappa shape index (κ1) is 15.6. The normalized spacial score (nSPS) is 13.7. The number of ether oxygens (including phenoxy) is 1. The van der Waals surface area contributed by atoms with Crippen LogP contribution in [0.15, 0.2) is 22.7 Å². The van der Waals surface area contributed by atoms with Gasteiger partial charge < -0.3 is 10.1 Å². The highest BCUT2D eigenvalue weighted by Gasteiger charge is 2.32. The Bertz CT molecular complexity index is 395. The van der Waals surface area contributed by atoms with E-state index in [2.05, 4.69) is 21.2 Å². The van der Waals surface area contributed by atoms with Crippen molar-refractivity contribution in [3.05, 3.63) is 34.1 Å². The molecular formula is C14H21BrFNO. The summed E-state index contributed by atoms with van der Waals surface area (Å²) >= 11 is 3.39. The summed E-state index contributed by atoms with van der Waals surface area (Å²) in [4.78, 5) is 0. The van der Waals surface area contributed by atoms with Crippen molar-refractivity contribution in [2.45, 2.75) is 39.3 Å². The van der Waals surface area contributed by atoms with E-state index >= 15 is 0 Å². The lowest BCUT2D eigenvalue weighted by atomic mass is 9.91. The lowest BCUT2D eigenvalue weighted by Gasteiger charge is -2.35. The van der Waals surface area contributed by atoms with E-state index in [0.717, 1.165) is 11.0 Å². The fourth-order valence-corrected chi connectivity index (χ4v) is 2.50. The van der Waals surface area contributed by atoms with E-state index in [9.17, 15) is 4.39 Å². The molecule has 0 aliphatic heterocycles. The number of halogens is 2. The molecule has 0 heterocycles. The van der Waals surface area contributed by atoms with Gasteiger partial charge in [0.1, 0.15) is 5.82 Å². The van der Waals surface area contributed by atoms with Crippen molar-refractivity contribution in [3.8, 4) is 0 Å². The first-order chi connectivity index (χ1) is 8.42. The summed E-state index contributed by atoms with van der Waals surface area (Å²) < 4.78 is 20.6. The summed E-state index contributed by atoms with van der Waals surface area (Å²) in [6, 6.07) is 4.81. The summed E-state index contributed by atoms with van der Waals surface area (Å²) in [5, 5.41) is 3.31. The summed E-state index contributed by atoms with van der Waals surface area (Å²) in [5.74, 6) is -0.211. The molecular weight excluding hydrogens is 297 g/mol. The first-order valence-corrected chi connectivity index (χ1v) is 7.04. The molecule has 4 heteroatoms. The summed E-state index contributed by atoms with van der Waals surface area (Å²) in [7, 11) is 0. The number of hydrogen-bond acceptors (Lipinski definition) is 2. The molecule has 1 N–H and O–H groups in total. The third-order valence-corrected chi connectivity index (χ3v) is 3.38. The van der Waals surface area contributed by atoms with Crippen LogP contribution in [0.4, 0.5) is 4.39 Å². The van der Waals surface area contributed by atoms with Crippen molar-refractivity contribution >= 4 is 15.9 Å². The summed E-state index contributed by atoms with van der Waals surface area (Å²) in [5.41, 5.74) is 0.163. The monoisotopic (exact) mass is 317 g/mol. The minimum Gasteiger partial charge on any atom is -0.374 e. The zero-order chi connectivity index (χ0) is 13.8. The third kappa shape index (κ3) is 3.77. The standard InChI is InChI=1S/C14H21BrFNO/c1-5-17-13(14(3,4)18-6-2)11-9-10(15)7-8-12(11)16/h7-9,13,17H,5-6H2,1-4H3.